The van der Waals surface area contributed by atoms with Gasteiger partial charge < -0.3 is 15.3 Å². The molecule has 0 aromatic heterocycles. The van der Waals surface area contributed by atoms with Crippen molar-refractivity contribution >= 4 is 21.8 Å². The number of benzene rings is 2. The topological polar surface area (TPSA) is 140 Å². The molecule has 34 heavy (non-hydrogen) atoms. The minimum Gasteiger partial charge on any atom is -0.394 e. The van der Waals surface area contributed by atoms with Crippen LogP contribution in [0, 0.1) is 23.2 Å². The number of aliphatic hydroxyl groups excluding tert-OH is 1. The van der Waals surface area contributed by atoms with Gasteiger partial charge in [-0.1, -0.05) is 42.5 Å². The highest BCUT2D eigenvalue weighted by Gasteiger charge is 2.57. The summed E-state index contributed by atoms with van der Waals surface area (Å²) in [6.45, 7) is -0.110. The van der Waals surface area contributed by atoms with Crippen LogP contribution in [0.3, 0.4) is 0 Å². The highest BCUT2D eigenvalue weighted by Crippen LogP contribution is 2.49. The number of amides is 2. The monoisotopic (exact) mass is 482 g/mol. The van der Waals surface area contributed by atoms with Gasteiger partial charge in [-0.15, -0.1) is 0 Å². The van der Waals surface area contributed by atoms with Gasteiger partial charge in [-0.25, -0.2) is 13.1 Å². The Morgan fingerprint density at radius 1 is 1.12 bits per heavy atom. The second-order valence-electron chi connectivity index (χ2n) is 8.72. The van der Waals surface area contributed by atoms with E-state index in [1.807, 2.05) is 6.07 Å². The maximum absolute atomic E-state index is 13.2. The number of carbonyl (C=O) groups excluding carboxylic acids is 2. The second kappa shape index (κ2) is 9.93. The van der Waals surface area contributed by atoms with Crippen LogP contribution in [0.5, 0.6) is 0 Å². The van der Waals surface area contributed by atoms with Gasteiger partial charge in [-0.3, -0.25) is 9.59 Å². The molecule has 1 aliphatic heterocycles. The average Bonchev–Trinajstić information content (AvgIpc) is 3.50. The van der Waals surface area contributed by atoms with Crippen molar-refractivity contribution in [3.05, 3.63) is 71.3 Å². The Balaban J connectivity index is 1.40. The molecule has 2 fully saturated rings. The largest absolute Gasteiger partial charge is 0.394 e. The fourth-order valence-corrected chi connectivity index (χ4v) is 5.76. The van der Waals surface area contributed by atoms with Crippen LogP contribution in [0.15, 0.2) is 54.6 Å². The molecular formula is C24H26N4O5S. The van der Waals surface area contributed by atoms with E-state index in [0.29, 0.717) is 17.7 Å². The number of rotatable bonds is 9. The van der Waals surface area contributed by atoms with Crippen molar-refractivity contribution in [1.82, 2.24) is 14.9 Å². The van der Waals surface area contributed by atoms with E-state index in [9.17, 15) is 23.1 Å². The van der Waals surface area contributed by atoms with Crippen LogP contribution in [-0.2, 0) is 31.9 Å². The zero-order valence-corrected chi connectivity index (χ0v) is 19.2. The van der Waals surface area contributed by atoms with Gasteiger partial charge in [0.25, 0.3) is 0 Å². The molecule has 1 heterocycles. The fourth-order valence-electron chi connectivity index (χ4n) is 4.44. The van der Waals surface area contributed by atoms with Crippen LogP contribution in [0.4, 0.5) is 0 Å². The van der Waals surface area contributed by atoms with Gasteiger partial charge in [0.15, 0.2) is 0 Å². The van der Waals surface area contributed by atoms with Crippen molar-refractivity contribution in [2.24, 2.45) is 11.8 Å². The lowest BCUT2D eigenvalue weighted by Crippen LogP contribution is -2.56. The summed E-state index contributed by atoms with van der Waals surface area (Å²) in [5.74, 6) is -1.01. The van der Waals surface area contributed by atoms with Gasteiger partial charge in [0.1, 0.15) is 12.1 Å². The molecule has 3 N–H and O–H groups in total. The SMILES string of the molecule is N#Cc1ccc(CNC(=O)C2C3CC3CN2C(=O)[C@@H](CO)NS(=O)(=O)Cc2ccccc2)cc1. The van der Waals surface area contributed by atoms with E-state index in [4.69, 9.17) is 5.26 Å². The second-order valence-corrected chi connectivity index (χ2v) is 10.5. The molecule has 10 heteroatoms. The van der Waals surface area contributed by atoms with E-state index < -0.39 is 34.6 Å². The van der Waals surface area contributed by atoms with E-state index >= 15 is 0 Å². The van der Waals surface area contributed by atoms with Crippen LogP contribution in [0.1, 0.15) is 23.1 Å². The molecule has 2 aromatic carbocycles. The maximum atomic E-state index is 13.2. The van der Waals surface area contributed by atoms with Gasteiger partial charge in [0.2, 0.25) is 21.8 Å². The molecule has 0 spiro atoms. The van der Waals surface area contributed by atoms with Gasteiger partial charge >= 0.3 is 0 Å². The number of piperidine rings is 1. The van der Waals surface area contributed by atoms with Gasteiger partial charge in [0, 0.05) is 13.1 Å². The molecule has 9 nitrogen and oxygen atoms in total. The van der Waals surface area contributed by atoms with Crippen LogP contribution in [0.25, 0.3) is 0 Å². The lowest BCUT2D eigenvalue weighted by Gasteiger charge is -2.30. The zero-order valence-electron chi connectivity index (χ0n) is 18.4. The maximum Gasteiger partial charge on any atom is 0.243 e. The lowest BCUT2D eigenvalue weighted by atomic mass is 10.1. The predicted molar refractivity (Wildman–Crippen MR) is 123 cm³/mol. The minimum absolute atomic E-state index is 0.0326. The number of hydrogen-bond acceptors (Lipinski definition) is 6. The van der Waals surface area contributed by atoms with Gasteiger partial charge in [-0.2, -0.15) is 5.26 Å². The molecule has 0 bridgehead atoms. The Morgan fingerprint density at radius 3 is 2.47 bits per heavy atom. The molecular weight excluding hydrogens is 456 g/mol. The van der Waals surface area contributed by atoms with E-state index in [1.165, 1.54) is 4.90 Å². The predicted octanol–water partition coefficient (Wildman–Crippen LogP) is 0.502. The van der Waals surface area contributed by atoms with E-state index in [1.54, 1.807) is 54.6 Å². The molecule has 2 aromatic rings. The Bertz CT molecular complexity index is 1190. The smallest absolute Gasteiger partial charge is 0.243 e. The molecule has 1 aliphatic carbocycles. The Labute approximate surface area is 198 Å². The molecule has 1 saturated carbocycles. The van der Waals surface area contributed by atoms with Crippen LogP contribution < -0.4 is 10.0 Å². The first kappa shape index (κ1) is 23.9. The molecule has 3 unspecified atom stereocenters. The number of fused-ring (bicyclic) bond motifs is 1. The average molecular weight is 483 g/mol. The van der Waals surface area contributed by atoms with Crippen molar-refractivity contribution < 1.29 is 23.1 Å². The highest BCUT2D eigenvalue weighted by atomic mass is 32.2. The van der Waals surface area contributed by atoms with Crippen molar-refractivity contribution in [3.63, 3.8) is 0 Å². The first-order valence-electron chi connectivity index (χ1n) is 11.0. The van der Waals surface area contributed by atoms with Crippen molar-refractivity contribution in [2.75, 3.05) is 13.2 Å². The zero-order chi connectivity index (χ0) is 24.3. The Morgan fingerprint density at radius 2 is 1.82 bits per heavy atom. The summed E-state index contributed by atoms with van der Waals surface area (Å²) < 4.78 is 27.5. The van der Waals surface area contributed by atoms with Gasteiger partial charge in [0.05, 0.1) is 24.0 Å². The molecule has 178 valence electrons. The molecule has 4 rings (SSSR count). The fraction of sp³-hybridized carbons (Fsp3) is 0.375. The number of likely N-dealkylation sites (tertiary alicyclic amines) is 1. The first-order valence-corrected chi connectivity index (χ1v) is 12.7. The number of sulfonamides is 1. The normalized spacial score (nSPS) is 21.9. The third-order valence-electron chi connectivity index (χ3n) is 6.25. The summed E-state index contributed by atoms with van der Waals surface area (Å²) >= 11 is 0. The van der Waals surface area contributed by atoms with E-state index in [-0.39, 0.29) is 30.0 Å². The Hall–Kier alpha value is -3.26. The number of carbonyl (C=O) groups is 2. The van der Waals surface area contributed by atoms with Crippen molar-refractivity contribution in [3.8, 4) is 6.07 Å². The van der Waals surface area contributed by atoms with E-state index in [2.05, 4.69) is 10.0 Å². The summed E-state index contributed by atoms with van der Waals surface area (Å²) in [6, 6.07) is 15.3. The highest BCUT2D eigenvalue weighted by molar-refractivity contribution is 7.88. The number of nitrogens with zero attached hydrogens (tertiary/aromatic N) is 2. The Kier molecular flexibility index (Phi) is 6.97. The third kappa shape index (κ3) is 5.44. The summed E-state index contributed by atoms with van der Waals surface area (Å²) in [5.41, 5.74) is 1.90. The summed E-state index contributed by atoms with van der Waals surface area (Å²) in [7, 11) is -3.89. The molecule has 2 amide bonds. The number of aliphatic hydroxyl groups is 1. The first-order chi connectivity index (χ1) is 16.3. The van der Waals surface area contributed by atoms with Crippen LogP contribution in [-0.4, -0.2) is 55.5 Å². The number of nitrogens with one attached hydrogen (secondary N) is 2. The van der Waals surface area contributed by atoms with Crippen molar-refractivity contribution in [1.29, 1.82) is 5.26 Å². The molecule has 4 atom stereocenters. The van der Waals surface area contributed by atoms with Crippen molar-refractivity contribution in [2.45, 2.75) is 30.8 Å². The standard InChI is InChI=1S/C24H26N4O5S/c25-11-16-6-8-17(9-7-16)12-26-23(30)22-20-10-19(20)13-28(22)24(31)21(14-29)27-34(32,33)15-18-4-2-1-3-5-18/h1-9,19-22,27,29H,10,12-15H2,(H,26,30)/t19?,20?,21-,22?/m1/s1. The minimum atomic E-state index is -3.89. The van der Waals surface area contributed by atoms with Crippen LogP contribution in [0.2, 0.25) is 0 Å². The molecule has 0 radical (unpaired) electrons. The molecule has 2 aliphatic rings. The summed E-state index contributed by atoms with van der Waals surface area (Å²) in [5, 5.41) is 21.5. The van der Waals surface area contributed by atoms with Gasteiger partial charge in [-0.05, 0) is 41.5 Å². The summed E-state index contributed by atoms with van der Waals surface area (Å²) in [4.78, 5) is 27.5. The lowest BCUT2D eigenvalue weighted by molar-refractivity contribution is -0.141. The molecule has 1 saturated heterocycles. The van der Waals surface area contributed by atoms with E-state index in [0.717, 1.165) is 12.0 Å². The number of nitriles is 1. The summed E-state index contributed by atoms with van der Waals surface area (Å²) in [6.07, 6.45) is 0.836. The van der Waals surface area contributed by atoms with Crippen LogP contribution >= 0.6 is 0 Å². The third-order valence-corrected chi connectivity index (χ3v) is 7.61. The number of hydrogen-bond donors (Lipinski definition) is 3. The quantitative estimate of drug-likeness (QED) is 0.476.